The van der Waals surface area contributed by atoms with Gasteiger partial charge in [-0.1, -0.05) is 6.08 Å². The highest BCUT2D eigenvalue weighted by molar-refractivity contribution is 5.88. The van der Waals surface area contributed by atoms with E-state index in [1.807, 2.05) is 13.0 Å². The largest absolute Gasteiger partial charge is 0.478 e. The van der Waals surface area contributed by atoms with Crippen LogP contribution in [0, 0.1) is 11.8 Å². The van der Waals surface area contributed by atoms with Crippen LogP contribution in [0.15, 0.2) is 28.9 Å². The molecule has 0 amide bonds. The summed E-state index contributed by atoms with van der Waals surface area (Å²) < 4.78 is 5.46. The van der Waals surface area contributed by atoms with Crippen molar-refractivity contribution in [2.45, 2.75) is 25.9 Å². The van der Waals surface area contributed by atoms with Crippen molar-refractivity contribution >= 4 is 5.90 Å². The third-order valence-corrected chi connectivity index (χ3v) is 3.96. The van der Waals surface area contributed by atoms with Gasteiger partial charge in [-0.2, -0.15) is 0 Å². The second-order valence-corrected chi connectivity index (χ2v) is 5.07. The van der Waals surface area contributed by atoms with Crippen molar-refractivity contribution in [3.8, 4) is 0 Å². The Balaban J connectivity index is 1.69. The fourth-order valence-electron chi connectivity index (χ4n) is 3.04. The predicted octanol–water partition coefficient (Wildman–Crippen LogP) is 1.42. The highest BCUT2D eigenvalue weighted by Gasteiger charge is 2.34. The molecule has 98 valence electrons. The van der Waals surface area contributed by atoms with Gasteiger partial charge >= 0.3 is 0 Å². The number of piperidine rings is 1. The van der Waals surface area contributed by atoms with Gasteiger partial charge in [0.2, 0.25) is 5.90 Å². The molecule has 3 aliphatic heterocycles. The number of ether oxygens (including phenoxy) is 1. The van der Waals surface area contributed by atoms with E-state index in [2.05, 4.69) is 27.9 Å². The molecule has 0 aliphatic carbocycles. The summed E-state index contributed by atoms with van der Waals surface area (Å²) in [5, 5.41) is 6.81. The molecule has 4 nitrogen and oxygen atoms in total. The second kappa shape index (κ2) is 5.14. The third-order valence-electron chi connectivity index (χ3n) is 3.96. The molecule has 0 aromatic carbocycles. The molecule has 4 heteroatoms. The first-order chi connectivity index (χ1) is 8.88. The number of rotatable bonds is 2. The van der Waals surface area contributed by atoms with Crippen molar-refractivity contribution in [3.63, 3.8) is 0 Å². The van der Waals surface area contributed by atoms with Gasteiger partial charge in [-0.05, 0) is 56.6 Å². The fourth-order valence-corrected chi connectivity index (χ4v) is 3.04. The van der Waals surface area contributed by atoms with Crippen LogP contribution in [0.2, 0.25) is 0 Å². The van der Waals surface area contributed by atoms with Gasteiger partial charge in [0, 0.05) is 5.92 Å². The fraction of sp³-hybridized carbons (Fsp3) is 0.643. The van der Waals surface area contributed by atoms with Crippen LogP contribution in [0.3, 0.4) is 0 Å². The maximum absolute atomic E-state index is 5.46. The molecular weight excluding hydrogens is 226 g/mol. The molecule has 0 aromatic heterocycles. The monoisotopic (exact) mass is 247 g/mol. The van der Waals surface area contributed by atoms with Crippen molar-refractivity contribution in [2.75, 3.05) is 19.7 Å². The first-order valence-electron chi connectivity index (χ1n) is 6.94. The van der Waals surface area contributed by atoms with Crippen LogP contribution in [0.25, 0.3) is 0 Å². The van der Waals surface area contributed by atoms with Gasteiger partial charge in [0.15, 0.2) is 0 Å². The van der Waals surface area contributed by atoms with Crippen LogP contribution >= 0.6 is 0 Å². The molecule has 2 unspecified atom stereocenters. The summed E-state index contributed by atoms with van der Waals surface area (Å²) in [6.07, 6.45) is 9.09. The first-order valence-corrected chi connectivity index (χ1v) is 6.94. The van der Waals surface area contributed by atoms with E-state index >= 15 is 0 Å². The quantitative estimate of drug-likeness (QED) is 0.776. The number of nitrogens with zero attached hydrogens (tertiary/aromatic N) is 1. The molecule has 0 spiro atoms. The Bertz CT molecular complexity index is 394. The Morgan fingerprint density at radius 1 is 1.39 bits per heavy atom. The molecule has 18 heavy (non-hydrogen) atoms. The zero-order valence-corrected chi connectivity index (χ0v) is 10.9. The molecule has 0 saturated carbocycles. The summed E-state index contributed by atoms with van der Waals surface area (Å²) in [5.41, 5.74) is 1.53. The smallest absolute Gasteiger partial charge is 0.210 e. The van der Waals surface area contributed by atoms with E-state index in [1.165, 1.54) is 18.4 Å². The zero-order valence-electron chi connectivity index (χ0n) is 10.9. The summed E-state index contributed by atoms with van der Waals surface area (Å²) in [6, 6.07) is 0. The average molecular weight is 247 g/mol. The van der Waals surface area contributed by atoms with Gasteiger partial charge < -0.3 is 15.4 Å². The zero-order chi connectivity index (χ0) is 12.4. The van der Waals surface area contributed by atoms with Crippen LogP contribution in [0.1, 0.15) is 19.8 Å². The van der Waals surface area contributed by atoms with Crippen molar-refractivity contribution in [1.82, 2.24) is 10.6 Å². The lowest BCUT2D eigenvalue weighted by atomic mass is 9.82. The van der Waals surface area contributed by atoms with E-state index in [4.69, 9.17) is 4.74 Å². The molecule has 2 N–H and O–H groups in total. The molecule has 0 aromatic rings. The van der Waals surface area contributed by atoms with Crippen LogP contribution in [0.4, 0.5) is 0 Å². The number of hydrogen-bond donors (Lipinski definition) is 2. The number of hydrogen-bond acceptors (Lipinski definition) is 4. The lowest BCUT2D eigenvalue weighted by Crippen LogP contribution is -2.32. The summed E-state index contributed by atoms with van der Waals surface area (Å²) in [4.78, 5) is 4.61. The number of fused-ring (bicyclic) bond motifs is 1. The normalized spacial score (nSPS) is 31.4. The molecule has 3 aliphatic rings. The Morgan fingerprint density at radius 2 is 2.22 bits per heavy atom. The highest BCUT2D eigenvalue weighted by atomic mass is 16.5. The van der Waals surface area contributed by atoms with E-state index in [-0.39, 0.29) is 6.17 Å². The number of aliphatic imine (C=N–C) groups is 1. The Morgan fingerprint density at radius 3 is 3.00 bits per heavy atom. The van der Waals surface area contributed by atoms with Crippen LogP contribution in [0.5, 0.6) is 0 Å². The van der Waals surface area contributed by atoms with Gasteiger partial charge in [-0.15, -0.1) is 0 Å². The van der Waals surface area contributed by atoms with Crippen LogP contribution in [-0.4, -0.2) is 31.8 Å². The maximum Gasteiger partial charge on any atom is 0.210 e. The van der Waals surface area contributed by atoms with E-state index in [0.717, 1.165) is 19.0 Å². The molecule has 0 bridgehead atoms. The lowest BCUT2D eigenvalue weighted by molar-refractivity contribution is 0.320. The molecule has 0 radical (unpaired) electrons. The SMILES string of the molecule is CCOC1=NC2NC=C(C3CCNCC3)C2C=C1. The van der Waals surface area contributed by atoms with Gasteiger partial charge in [-0.25, -0.2) is 4.99 Å². The van der Waals surface area contributed by atoms with Crippen LogP contribution in [-0.2, 0) is 4.74 Å². The number of nitrogens with one attached hydrogen (secondary N) is 2. The standard InChI is InChI=1S/C14H21N3O/c1-2-18-13-4-3-11-12(9-16-14(11)17-13)10-5-7-15-8-6-10/h3-4,9-11,14-16H,2,5-8H2,1H3. The lowest BCUT2D eigenvalue weighted by Gasteiger charge is -2.28. The Kier molecular flexibility index (Phi) is 3.37. The summed E-state index contributed by atoms with van der Waals surface area (Å²) in [6.45, 7) is 4.94. The third kappa shape index (κ3) is 2.17. The van der Waals surface area contributed by atoms with Gasteiger partial charge in [0.1, 0.15) is 6.17 Å². The minimum Gasteiger partial charge on any atom is -0.478 e. The van der Waals surface area contributed by atoms with Crippen molar-refractivity contribution < 1.29 is 4.74 Å². The minimum atomic E-state index is 0.154. The van der Waals surface area contributed by atoms with Gasteiger partial charge in [-0.3, -0.25) is 0 Å². The Labute approximate surface area is 108 Å². The topological polar surface area (TPSA) is 45.6 Å². The second-order valence-electron chi connectivity index (χ2n) is 5.07. The first kappa shape index (κ1) is 11.8. The minimum absolute atomic E-state index is 0.154. The predicted molar refractivity (Wildman–Crippen MR) is 72.3 cm³/mol. The summed E-state index contributed by atoms with van der Waals surface area (Å²) >= 11 is 0. The molecule has 1 fully saturated rings. The van der Waals surface area contributed by atoms with Gasteiger partial charge in [0.25, 0.3) is 0 Å². The van der Waals surface area contributed by atoms with Crippen LogP contribution < -0.4 is 10.6 Å². The average Bonchev–Trinajstić information content (AvgIpc) is 2.83. The molecular formula is C14H21N3O. The summed E-state index contributed by atoms with van der Waals surface area (Å²) in [5.74, 6) is 1.89. The van der Waals surface area contributed by atoms with E-state index in [1.54, 1.807) is 0 Å². The number of dihydropyridines is 1. The van der Waals surface area contributed by atoms with Gasteiger partial charge in [0.05, 0.1) is 6.61 Å². The van der Waals surface area contributed by atoms with Crippen molar-refractivity contribution in [1.29, 1.82) is 0 Å². The molecule has 1 saturated heterocycles. The van der Waals surface area contributed by atoms with E-state index < -0.39 is 0 Å². The summed E-state index contributed by atoms with van der Waals surface area (Å²) in [7, 11) is 0. The van der Waals surface area contributed by atoms with Crippen molar-refractivity contribution in [2.24, 2.45) is 16.8 Å². The van der Waals surface area contributed by atoms with Crippen molar-refractivity contribution in [3.05, 3.63) is 23.9 Å². The van der Waals surface area contributed by atoms with E-state index in [0.29, 0.717) is 18.4 Å². The molecule has 2 atom stereocenters. The maximum atomic E-state index is 5.46. The highest BCUT2D eigenvalue weighted by Crippen LogP contribution is 2.35. The molecule has 3 heterocycles. The molecule has 3 rings (SSSR count). The van der Waals surface area contributed by atoms with E-state index in [9.17, 15) is 0 Å². The Hall–Kier alpha value is -1.29.